The zero-order valence-corrected chi connectivity index (χ0v) is 17.3. The van der Waals surface area contributed by atoms with E-state index in [9.17, 15) is 22.0 Å². The van der Waals surface area contributed by atoms with Gasteiger partial charge in [-0.15, -0.1) is 0 Å². The van der Waals surface area contributed by atoms with Crippen molar-refractivity contribution >= 4 is 21.6 Å². The molecular formula is C23H20F2N2O3S. The summed E-state index contributed by atoms with van der Waals surface area (Å²) in [4.78, 5) is 14.7. The van der Waals surface area contributed by atoms with Crippen LogP contribution in [0.5, 0.6) is 0 Å². The molecule has 0 radical (unpaired) electrons. The van der Waals surface area contributed by atoms with Crippen LogP contribution in [-0.4, -0.2) is 25.8 Å². The molecule has 8 heteroatoms. The van der Waals surface area contributed by atoms with Gasteiger partial charge in [0.15, 0.2) is 0 Å². The number of nitrogens with one attached hydrogen (secondary N) is 1. The van der Waals surface area contributed by atoms with E-state index in [1.165, 1.54) is 54.6 Å². The van der Waals surface area contributed by atoms with E-state index in [0.717, 1.165) is 24.5 Å². The third-order valence-corrected chi connectivity index (χ3v) is 6.68. The van der Waals surface area contributed by atoms with Crippen molar-refractivity contribution in [3.8, 4) is 0 Å². The summed E-state index contributed by atoms with van der Waals surface area (Å²) in [6.07, 6.45) is 1.60. The van der Waals surface area contributed by atoms with Crippen molar-refractivity contribution in [3.05, 3.63) is 95.6 Å². The number of hydrogen-bond acceptors (Lipinski definition) is 3. The minimum absolute atomic E-state index is 0.0798. The molecule has 1 heterocycles. The number of amides is 1. The largest absolute Gasteiger partial charge is 0.332 e. The lowest BCUT2D eigenvalue weighted by molar-refractivity contribution is 0.0735. The molecule has 1 aliphatic heterocycles. The first kappa shape index (κ1) is 21.0. The Morgan fingerprint density at radius 2 is 1.61 bits per heavy atom. The van der Waals surface area contributed by atoms with Crippen LogP contribution in [-0.2, 0) is 10.0 Å². The van der Waals surface area contributed by atoms with Crippen LogP contribution in [0.2, 0.25) is 0 Å². The summed E-state index contributed by atoms with van der Waals surface area (Å²) >= 11 is 0. The van der Waals surface area contributed by atoms with Crippen LogP contribution >= 0.6 is 0 Å². The van der Waals surface area contributed by atoms with Gasteiger partial charge in [-0.25, -0.2) is 17.2 Å². The first-order valence-electron chi connectivity index (χ1n) is 9.79. The highest BCUT2D eigenvalue weighted by Crippen LogP contribution is 2.33. The van der Waals surface area contributed by atoms with Crippen molar-refractivity contribution in [2.45, 2.75) is 23.8 Å². The van der Waals surface area contributed by atoms with E-state index in [4.69, 9.17) is 0 Å². The van der Waals surface area contributed by atoms with Gasteiger partial charge in [0.05, 0.1) is 16.6 Å². The van der Waals surface area contributed by atoms with Gasteiger partial charge in [-0.2, -0.15) is 0 Å². The highest BCUT2D eigenvalue weighted by molar-refractivity contribution is 7.92. The number of nitrogens with zero attached hydrogens (tertiary/aromatic N) is 1. The van der Waals surface area contributed by atoms with Crippen molar-refractivity contribution < 1.29 is 22.0 Å². The third-order valence-electron chi connectivity index (χ3n) is 5.30. The minimum Gasteiger partial charge on any atom is -0.332 e. The topological polar surface area (TPSA) is 66.5 Å². The molecule has 3 aromatic rings. The maximum absolute atomic E-state index is 13.8. The first-order valence-corrected chi connectivity index (χ1v) is 11.3. The van der Waals surface area contributed by atoms with Gasteiger partial charge < -0.3 is 4.90 Å². The number of halogens is 2. The molecule has 5 nitrogen and oxygen atoms in total. The summed E-state index contributed by atoms with van der Waals surface area (Å²) in [6.45, 7) is 0.565. The summed E-state index contributed by atoms with van der Waals surface area (Å²) in [6, 6.07) is 16.9. The van der Waals surface area contributed by atoms with E-state index in [-0.39, 0.29) is 28.3 Å². The molecule has 0 saturated carbocycles. The van der Waals surface area contributed by atoms with E-state index in [1.54, 1.807) is 17.0 Å². The molecule has 0 spiro atoms. The normalized spacial score (nSPS) is 16.3. The minimum atomic E-state index is -4.01. The molecule has 1 N–H and O–H groups in total. The van der Waals surface area contributed by atoms with E-state index in [2.05, 4.69) is 4.72 Å². The van der Waals surface area contributed by atoms with Crippen LogP contribution in [0.15, 0.2) is 77.7 Å². The second-order valence-corrected chi connectivity index (χ2v) is 9.00. The third kappa shape index (κ3) is 4.44. The highest BCUT2D eigenvalue weighted by atomic mass is 32.2. The van der Waals surface area contributed by atoms with Crippen LogP contribution in [0.3, 0.4) is 0 Å². The summed E-state index contributed by atoms with van der Waals surface area (Å²) in [5.41, 5.74) is 1.06. The lowest BCUT2D eigenvalue weighted by Gasteiger charge is -2.25. The fourth-order valence-corrected chi connectivity index (χ4v) is 4.80. The summed E-state index contributed by atoms with van der Waals surface area (Å²) < 4.78 is 54.3. The van der Waals surface area contributed by atoms with Crippen molar-refractivity contribution in [2.24, 2.45) is 0 Å². The van der Waals surface area contributed by atoms with E-state index in [1.807, 2.05) is 0 Å². The quantitative estimate of drug-likeness (QED) is 0.621. The fourth-order valence-electron chi connectivity index (χ4n) is 3.73. The highest BCUT2D eigenvalue weighted by Gasteiger charge is 2.30. The Morgan fingerprint density at radius 1 is 0.935 bits per heavy atom. The Bertz CT molecular complexity index is 1200. The second kappa shape index (κ2) is 8.47. The SMILES string of the molecule is O=C(c1ccc(S(=O)(=O)Nc2ccccc2F)cc1)N1CCCC1c1ccc(F)cc1. The molecule has 1 amide bonds. The number of rotatable bonds is 5. The smallest absolute Gasteiger partial charge is 0.261 e. The Morgan fingerprint density at radius 3 is 2.29 bits per heavy atom. The van der Waals surface area contributed by atoms with Gasteiger partial charge in [-0.3, -0.25) is 9.52 Å². The fraction of sp³-hybridized carbons (Fsp3) is 0.174. The predicted molar refractivity (Wildman–Crippen MR) is 113 cm³/mol. The molecule has 0 aromatic heterocycles. The number of benzene rings is 3. The molecule has 31 heavy (non-hydrogen) atoms. The molecule has 1 aliphatic rings. The van der Waals surface area contributed by atoms with E-state index in [0.29, 0.717) is 12.1 Å². The number of hydrogen-bond donors (Lipinski definition) is 1. The van der Waals surface area contributed by atoms with Crippen molar-refractivity contribution in [1.82, 2.24) is 4.90 Å². The van der Waals surface area contributed by atoms with Gasteiger partial charge in [-0.05, 0) is 66.9 Å². The number of sulfonamides is 1. The Balaban J connectivity index is 1.52. The van der Waals surface area contributed by atoms with Gasteiger partial charge in [-0.1, -0.05) is 24.3 Å². The average Bonchev–Trinajstić information content (AvgIpc) is 3.25. The Kier molecular flexibility index (Phi) is 5.73. The zero-order valence-electron chi connectivity index (χ0n) is 16.5. The summed E-state index contributed by atoms with van der Waals surface area (Å²) in [7, 11) is -4.01. The Labute approximate surface area is 179 Å². The first-order chi connectivity index (χ1) is 14.8. The van der Waals surface area contributed by atoms with Crippen molar-refractivity contribution in [3.63, 3.8) is 0 Å². The zero-order chi connectivity index (χ0) is 22.0. The lowest BCUT2D eigenvalue weighted by atomic mass is 10.0. The molecule has 4 rings (SSSR count). The van der Waals surface area contributed by atoms with Gasteiger partial charge in [0.2, 0.25) is 0 Å². The number of anilines is 1. The van der Waals surface area contributed by atoms with Gasteiger partial charge in [0, 0.05) is 12.1 Å². The predicted octanol–water partition coefficient (Wildman–Crippen LogP) is 4.74. The number of likely N-dealkylation sites (tertiary alicyclic amines) is 1. The average molecular weight is 442 g/mol. The number of carbonyl (C=O) groups is 1. The molecular weight excluding hydrogens is 422 g/mol. The molecule has 3 aromatic carbocycles. The van der Waals surface area contributed by atoms with Crippen LogP contribution in [0, 0.1) is 11.6 Å². The van der Waals surface area contributed by atoms with E-state index >= 15 is 0 Å². The molecule has 160 valence electrons. The van der Waals surface area contributed by atoms with E-state index < -0.39 is 15.8 Å². The maximum atomic E-state index is 13.8. The number of para-hydroxylation sites is 1. The van der Waals surface area contributed by atoms with Crippen LogP contribution in [0.4, 0.5) is 14.5 Å². The maximum Gasteiger partial charge on any atom is 0.261 e. The molecule has 1 saturated heterocycles. The monoisotopic (exact) mass is 442 g/mol. The van der Waals surface area contributed by atoms with Crippen LogP contribution < -0.4 is 4.72 Å². The van der Waals surface area contributed by atoms with Gasteiger partial charge in [0.25, 0.3) is 15.9 Å². The van der Waals surface area contributed by atoms with Gasteiger partial charge >= 0.3 is 0 Å². The Hall–Kier alpha value is -3.26. The standard InChI is InChI=1S/C23H20F2N2O3S/c24-18-11-7-16(8-12-18)22-6-3-15-27(22)23(28)17-9-13-19(14-10-17)31(29,30)26-21-5-2-1-4-20(21)25/h1-2,4-5,7-14,22,26H,3,6,15H2. The molecule has 0 bridgehead atoms. The number of carbonyl (C=O) groups excluding carboxylic acids is 1. The molecule has 1 unspecified atom stereocenters. The van der Waals surface area contributed by atoms with Gasteiger partial charge in [0.1, 0.15) is 11.6 Å². The summed E-state index contributed by atoms with van der Waals surface area (Å²) in [5, 5.41) is 0. The lowest BCUT2D eigenvalue weighted by Crippen LogP contribution is -2.30. The molecule has 1 atom stereocenters. The molecule has 1 fully saturated rings. The van der Waals surface area contributed by atoms with Crippen LogP contribution in [0.1, 0.15) is 34.8 Å². The van der Waals surface area contributed by atoms with Crippen LogP contribution in [0.25, 0.3) is 0 Å². The summed E-state index contributed by atoms with van der Waals surface area (Å²) in [5.74, 6) is -1.24. The second-order valence-electron chi connectivity index (χ2n) is 7.32. The van der Waals surface area contributed by atoms with Crippen molar-refractivity contribution in [2.75, 3.05) is 11.3 Å². The van der Waals surface area contributed by atoms with Crippen molar-refractivity contribution in [1.29, 1.82) is 0 Å². The molecule has 0 aliphatic carbocycles.